The maximum Gasteiger partial charge on any atom is 0.244 e. The van der Waals surface area contributed by atoms with Crippen LogP contribution >= 0.6 is 23.2 Å². The third kappa shape index (κ3) is 7.43. The lowest BCUT2D eigenvalue weighted by Gasteiger charge is -2.32. The number of fused-ring (bicyclic) bond motifs is 1. The fraction of sp³-hybridized carbons (Fsp3) is 0.440. The molecule has 2 aromatic rings. The van der Waals surface area contributed by atoms with E-state index in [0.29, 0.717) is 46.7 Å². The zero-order chi connectivity index (χ0) is 27.3. The summed E-state index contributed by atoms with van der Waals surface area (Å²) < 4.78 is 37.6. The average molecular weight is 573 g/mol. The van der Waals surface area contributed by atoms with Gasteiger partial charge in [-0.1, -0.05) is 36.2 Å². The Balaban J connectivity index is 1.93. The quantitative estimate of drug-likeness (QED) is 0.464. The number of anilines is 1. The Morgan fingerprint density at radius 3 is 2.32 bits per heavy atom. The van der Waals surface area contributed by atoms with Crippen LogP contribution in [0.3, 0.4) is 0 Å². The van der Waals surface area contributed by atoms with Gasteiger partial charge >= 0.3 is 0 Å². The van der Waals surface area contributed by atoms with Crippen molar-refractivity contribution in [2.45, 2.75) is 45.8 Å². The predicted molar refractivity (Wildman–Crippen MR) is 144 cm³/mol. The first kappa shape index (κ1) is 28.9. The second-order valence-corrected chi connectivity index (χ2v) is 11.6. The summed E-state index contributed by atoms with van der Waals surface area (Å²) in [5.74, 6) is -0.0450. The van der Waals surface area contributed by atoms with Crippen molar-refractivity contribution in [1.29, 1.82) is 0 Å². The molecule has 0 saturated heterocycles. The van der Waals surface area contributed by atoms with Crippen molar-refractivity contribution in [1.82, 2.24) is 10.2 Å². The number of carbonyl (C=O) groups excluding carboxylic acids is 2. The van der Waals surface area contributed by atoms with E-state index >= 15 is 0 Å². The van der Waals surface area contributed by atoms with Gasteiger partial charge < -0.3 is 19.7 Å². The number of rotatable bonds is 10. The van der Waals surface area contributed by atoms with Crippen LogP contribution < -0.4 is 19.1 Å². The number of nitrogens with one attached hydrogen (secondary N) is 1. The third-order valence-electron chi connectivity index (χ3n) is 6.00. The van der Waals surface area contributed by atoms with Gasteiger partial charge in [-0.05, 0) is 50.1 Å². The van der Waals surface area contributed by atoms with Gasteiger partial charge in [0.25, 0.3) is 0 Å². The molecule has 3 rings (SSSR count). The summed E-state index contributed by atoms with van der Waals surface area (Å²) in [6.45, 7) is 5.61. The van der Waals surface area contributed by atoms with E-state index in [-0.39, 0.29) is 24.2 Å². The summed E-state index contributed by atoms with van der Waals surface area (Å²) in [6.07, 6.45) is 1.73. The summed E-state index contributed by atoms with van der Waals surface area (Å²) in [4.78, 5) is 27.9. The maximum absolute atomic E-state index is 13.6. The molecular formula is C25H31Cl2N3O6S. The van der Waals surface area contributed by atoms with Crippen molar-refractivity contribution in [3.63, 3.8) is 0 Å². The van der Waals surface area contributed by atoms with Crippen LogP contribution in [-0.2, 0) is 26.2 Å². The number of ether oxygens (including phenoxy) is 2. The molecule has 202 valence electrons. The number of halogens is 2. The number of hydrogen-bond acceptors (Lipinski definition) is 6. The van der Waals surface area contributed by atoms with Crippen LogP contribution in [0.5, 0.6) is 11.5 Å². The van der Waals surface area contributed by atoms with Gasteiger partial charge in [0.2, 0.25) is 21.8 Å². The van der Waals surface area contributed by atoms with Crippen LogP contribution in [0.25, 0.3) is 0 Å². The Kier molecular flexibility index (Phi) is 9.55. The number of hydrogen-bond donors (Lipinski definition) is 1. The van der Waals surface area contributed by atoms with E-state index in [2.05, 4.69) is 5.32 Å². The molecule has 0 aliphatic carbocycles. The highest BCUT2D eigenvalue weighted by Crippen LogP contribution is 2.35. The Morgan fingerprint density at radius 1 is 1.03 bits per heavy atom. The minimum Gasteiger partial charge on any atom is -0.486 e. The molecule has 2 amide bonds. The molecule has 0 unspecified atom stereocenters. The van der Waals surface area contributed by atoms with Gasteiger partial charge in [-0.25, -0.2) is 8.42 Å². The topological polar surface area (TPSA) is 105 Å². The van der Waals surface area contributed by atoms with Crippen molar-refractivity contribution in [2.24, 2.45) is 0 Å². The smallest absolute Gasteiger partial charge is 0.244 e. The molecule has 1 heterocycles. The highest BCUT2D eigenvalue weighted by molar-refractivity contribution is 7.92. The van der Waals surface area contributed by atoms with E-state index in [9.17, 15) is 18.0 Å². The normalized spacial score (nSPS) is 14.4. The molecule has 0 radical (unpaired) electrons. The fourth-order valence-electron chi connectivity index (χ4n) is 3.68. The highest BCUT2D eigenvalue weighted by atomic mass is 35.5. The molecule has 9 nitrogen and oxygen atoms in total. The monoisotopic (exact) mass is 571 g/mol. The van der Waals surface area contributed by atoms with Crippen LogP contribution in [0.1, 0.15) is 32.8 Å². The molecule has 2 atom stereocenters. The van der Waals surface area contributed by atoms with Gasteiger partial charge in [-0.3, -0.25) is 13.9 Å². The molecule has 12 heteroatoms. The Bertz CT molecular complexity index is 1260. The summed E-state index contributed by atoms with van der Waals surface area (Å²) in [6, 6.07) is 8.59. The van der Waals surface area contributed by atoms with Crippen molar-refractivity contribution in [2.75, 3.05) is 30.3 Å². The lowest BCUT2D eigenvalue weighted by atomic mass is 10.1. The van der Waals surface area contributed by atoms with Crippen molar-refractivity contribution >= 4 is 50.7 Å². The summed E-state index contributed by atoms with van der Waals surface area (Å²) >= 11 is 12.2. The number of nitrogens with zero attached hydrogens (tertiary/aromatic N) is 2. The minimum atomic E-state index is -3.88. The van der Waals surface area contributed by atoms with Gasteiger partial charge in [0, 0.05) is 18.7 Å². The number of amides is 2. The summed E-state index contributed by atoms with van der Waals surface area (Å²) in [5, 5.41) is 3.54. The first-order valence-corrected chi connectivity index (χ1v) is 14.4. The maximum atomic E-state index is 13.6. The largest absolute Gasteiger partial charge is 0.486 e. The van der Waals surface area contributed by atoms with Crippen molar-refractivity contribution < 1.29 is 27.5 Å². The molecule has 37 heavy (non-hydrogen) atoms. The van der Waals surface area contributed by atoms with E-state index in [1.165, 1.54) is 11.0 Å². The van der Waals surface area contributed by atoms with Crippen LogP contribution in [0.15, 0.2) is 36.4 Å². The summed E-state index contributed by atoms with van der Waals surface area (Å²) in [5.41, 5.74) is 0.877. The van der Waals surface area contributed by atoms with E-state index in [4.69, 9.17) is 32.7 Å². The van der Waals surface area contributed by atoms with E-state index in [1.807, 2.05) is 13.8 Å². The van der Waals surface area contributed by atoms with Crippen LogP contribution in [0.4, 0.5) is 5.69 Å². The second kappa shape index (κ2) is 12.2. The Labute approximate surface area is 227 Å². The number of benzene rings is 2. The van der Waals surface area contributed by atoms with Crippen molar-refractivity contribution in [3.8, 4) is 11.5 Å². The van der Waals surface area contributed by atoms with Gasteiger partial charge in [-0.2, -0.15) is 0 Å². The van der Waals surface area contributed by atoms with Gasteiger partial charge in [0.15, 0.2) is 11.5 Å². The lowest BCUT2D eigenvalue weighted by Crippen LogP contribution is -2.52. The lowest BCUT2D eigenvalue weighted by molar-refractivity contribution is -0.139. The first-order chi connectivity index (χ1) is 17.4. The molecule has 0 bridgehead atoms. The SMILES string of the molecule is CC[C@H](C)NC(=O)[C@@H](C)N(Cc1ccc(Cl)c(Cl)c1)C(=O)CN(c1ccc2c(c1)OCCO2)S(C)(=O)=O. The number of sulfonamides is 1. The third-order valence-corrected chi connectivity index (χ3v) is 7.88. The van der Waals surface area contributed by atoms with Crippen LogP contribution in [0.2, 0.25) is 10.0 Å². The number of carbonyl (C=O) groups is 2. The molecular weight excluding hydrogens is 541 g/mol. The van der Waals surface area contributed by atoms with E-state index in [1.54, 1.807) is 37.3 Å². The molecule has 0 fully saturated rings. The zero-order valence-electron chi connectivity index (χ0n) is 21.2. The van der Waals surface area contributed by atoms with Crippen LogP contribution in [0, 0.1) is 0 Å². The van der Waals surface area contributed by atoms with E-state index in [0.717, 1.165) is 10.6 Å². The molecule has 0 spiro atoms. The first-order valence-electron chi connectivity index (χ1n) is 11.8. The standard InChI is InChI=1S/C25H31Cl2N3O6S/c1-5-16(2)28-25(32)17(3)29(14-18-6-8-20(26)21(27)12-18)24(31)15-30(37(4,33)34)19-7-9-22-23(13-19)36-11-10-35-22/h6-9,12-13,16-17H,5,10-11,14-15H2,1-4H3,(H,28,32)/t16-,17+/m0/s1. The van der Waals surface area contributed by atoms with Crippen molar-refractivity contribution in [3.05, 3.63) is 52.0 Å². The molecule has 1 aliphatic rings. The molecule has 1 aliphatic heterocycles. The Morgan fingerprint density at radius 2 is 1.70 bits per heavy atom. The predicted octanol–water partition coefficient (Wildman–Crippen LogP) is 3.86. The highest BCUT2D eigenvalue weighted by Gasteiger charge is 2.31. The molecule has 2 aromatic carbocycles. The zero-order valence-corrected chi connectivity index (χ0v) is 23.5. The molecule has 1 N–H and O–H groups in total. The van der Waals surface area contributed by atoms with Crippen LogP contribution in [-0.4, -0.2) is 63.2 Å². The minimum absolute atomic E-state index is 0.0174. The second-order valence-electron chi connectivity index (χ2n) is 8.86. The van der Waals surface area contributed by atoms with E-state index < -0.39 is 28.5 Å². The fourth-order valence-corrected chi connectivity index (χ4v) is 4.85. The average Bonchev–Trinajstić information content (AvgIpc) is 2.86. The van der Waals surface area contributed by atoms with Gasteiger partial charge in [-0.15, -0.1) is 0 Å². The van der Waals surface area contributed by atoms with Gasteiger partial charge in [0.1, 0.15) is 25.8 Å². The molecule has 0 saturated carbocycles. The Hall–Kier alpha value is -2.69. The molecule has 0 aromatic heterocycles. The summed E-state index contributed by atoms with van der Waals surface area (Å²) in [7, 11) is -3.88. The van der Waals surface area contributed by atoms with Gasteiger partial charge in [0.05, 0.1) is 22.0 Å².